The molecule has 0 radical (unpaired) electrons. The number of benzene rings is 1. The first-order valence-corrected chi connectivity index (χ1v) is 9.81. The molecule has 4 nitrogen and oxygen atoms in total. The Morgan fingerprint density at radius 2 is 1.96 bits per heavy atom. The summed E-state index contributed by atoms with van der Waals surface area (Å²) in [6, 6.07) is 9.78. The second kappa shape index (κ2) is 8.26. The van der Waals surface area contributed by atoms with Gasteiger partial charge in [0.25, 0.3) is 0 Å². The summed E-state index contributed by atoms with van der Waals surface area (Å²) in [6.07, 6.45) is 8.75. The molecule has 26 heavy (non-hydrogen) atoms. The van der Waals surface area contributed by atoms with Gasteiger partial charge >= 0.3 is 6.09 Å². The largest absolute Gasteiger partial charge is 0.444 e. The van der Waals surface area contributed by atoms with Gasteiger partial charge in [-0.2, -0.15) is 0 Å². The molecule has 1 aromatic rings. The van der Waals surface area contributed by atoms with Crippen LogP contribution < -0.4 is 0 Å². The van der Waals surface area contributed by atoms with Gasteiger partial charge in [-0.15, -0.1) is 6.58 Å². The summed E-state index contributed by atoms with van der Waals surface area (Å²) < 4.78 is 11.8. The molecule has 1 aliphatic carbocycles. The van der Waals surface area contributed by atoms with Crippen molar-refractivity contribution in [3.8, 4) is 0 Å². The number of carbonyl (C=O) groups is 1. The van der Waals surface area contributed by atoms with E-state index in [1.165, 1.54) is 32.1 Å². The summed E-state index contributed by atoms with van der Waals surface area (Å²) in [5.41, 5.74) is 0.300. The third-order valence-electron chi connectivity index (χ3n) is 5.65. The Bertz CT molecular complexity index is 607. The zero-order valence-corrected chi connectivity index (χ0v) is 16.0. The van der Waals surface area contributed by atoms with Gasteiger partial charge in [-0.05, 0) is 31.7 Å². The van der Waals surface area contributed by atoms with Crippen LogP contribution in [0.2, 0.25) is 0 Å². The van der Waals surface area contributed by atoms with E-state index in [9.17, 15) is 4.79 Å². The van der Waals surface area contributed by atoms with E-state index in [2.05, 4.69) is 6.58 Å². The van der Waals surface area contributed by atoms with Gasteiger partial charge in [0.15, 0.2) is 0 Å². The number of nitrogens with zero attached hydrogens (tertiary/aromatic N) is 1. The first-order chi connectivity index (χ1) is 12.5. The molecule has 2 aliphatic rings. The normalized spacial score (nSPS) is 25.8. The molecule has 1 aliphatic heterocycles. The lowest BCUT2D eigenvalue weighted by Crippen LogP contribution is -2.49. The van der Waals surface area contributed by atoms with E-state index in [4.69, 9.17) is 9.47 Å². The molecule has 1 saturated heterocycles. The highest BCUT2D eigenvalue weighted by molar-refractivity contribution is 5.69. The van der Waals surface area contributed by atoms with E-state index in [-0.39, 0.29) is 24.8 Å². The number of hydrogen-bond donors (Lipinski definition) is 0. The van der Waals surface area contributed by atoms with Crippen molar-refractivity contribution in [3.05, 3.63) is 48.6 Å². The van der Waals surface area contributed by atoms with Crippen molar-refractivity contribution in [2.24, 2.45) is 5.92 Å². The average molecular weight is 357 g/mol. The van der Waals surface area contributed by atoms with Crippen LogP contribution in [-0.4, -0.2) is 28.9 Å². The summed E-state index contributed by atoms with van der Waals surface area (Å²) >= 11 is 0. The Morgan fingerprint density at radius 3 is 2.62 bits per heavy atom. The van der Waals surface area contributed by atoms with Crippen molar-refractivity contribution in [2.75, 3.05) is 0 Å². The SMILES string of the molecule is C=CC1OC(C)(C)N(C(=O)OCc2ccccc2)C1CC1CCCCC1. The highest BCUT2D eigenvalue weighted by Gasteiger charge is 2.50. The summed E-state index contributed by atoms with van der Waals surface area (Å²) in [6.45, 7) is 8.09. The van der Waals surface area contributed by atoms with Crippen LogP contribution in [0, 0.1) is 5.92 Å². The summed E-state index contributed by atoms with van der Waals surface area (Å²) in [5.74, 6) is 0.651. The first-order valence-electron chi connectivity index (χ1n) is 9.81. The third-order valence-corrected chi connectivity index (χ3v) is 5.65. The van der Waals surface area contributed by atoms with Crippen LogP contribution in [-0.2, 0) is 16.1 Å². The molecule has 2 atom stereocenters. The standard InChI is InChI=1S/C22H31NO3/c1-4-20-19(15-17-11-7-5-8-12-17)23(22(2,3)26-20)21(24)25-16-18-13-9-6-10-14-18/h4,6,9-10,13-14,17,19-20H,1,5,7-8,11-12,15-16H2,2-3H3. The Labute approximate surface area is 157 Å². The van der Waals surface area contributed by atoms with Crippen molar-refractivity contribution in [1.82, 2.24) is 4.90 Å². The molecule has 0 aromatic heterocycles. The molecular formula is C22H31NO3. The predicted octanol–water partition coefficient (Wildman–Crippen LogP) is 5.29. The van der Waals surface area contributed by atoms with E-state index in [0.717, 1.165) is 12.0 Å². The highest BCUT2D eigenvalue weighted by Crippen LogP contribution is 2.39. The Hall–Kier alpha value is -1.81. The van der Waals surface area contributed by atoms with Crippen LogP contribution in [0.1, 0.15) is 57.9 Å². The predicted molar refractivity (Wildman–Crippen MR) is 103 cm³/mol. The molecule has 1 aromatic carbocycles. The molecule has 0 spiro atoms. The zero-order chi connectivity index (χ0) is 18.6. The van der Waals surface area contributed by atoms with Crippen LogP contribution in [0.4, 0.5) is 4.79 Å². The second-order valence-electron chi connectivity index (χ2n) is 7.98. The minimum absolute atomic E-state index is 0.00567. The fourth-order valence-electron chi connectivity index (χ4n) is 4.37. The Morgan fingerprint density at radius 1 is 1.27 bits per heavy atom. The van der Waals surface area contributed by atoms with Gasteiger partial charge in [0.1, 0.15) is 12.3 Å². The highest BCUT2D eigenvalue weighted by atomic mass is 16.6. The van der Waals surface area contributed by atoms with Crippen molar-refractivity contribution in [1.29, 1.82) is 0 Å². The van der Waals surface area contributed by atoms with E-state index in [1.807, 2.05) is 50.3 Å². The van der Waals surface area contributed by atoms with Gasteiger partial charge < -0.3 is 9.47 Å². The second-order valence-corrected chi connectivity index (χ2v) is 7.98. The van der Waals surface area contributed by atoms with Crippen LogP contribution in [0.15, 0.2) is 43.0 Å². The zero-order valence-electron chi connectivity index (χ0n) is 16.0. The minimum atomic E-state index is -0.689. The maximum absolute atomic E-state index is 12.9. The smallest absolute Gasteiger partial charge is 0.412 e. The fourth-order valence-corrected chi connectivity index (χ4v) is 4.37. The van der Waals surface area contributed by atoms with Crippen molar-refractivity contribution < 1.29 is 14.3 Å². The maximum atomic E-state index is 12.9. The van der Waals surface area contributed by atoms with Gasteiger partial charge in [-0.1, -0.05) is 68.5 Å². The number of rotatable bonds is 5. The van der Waals surface area contributed by atoms with Crippen LogP contribution >= 0.6 is 0 Å². The molecule has 0 N–H and O–H groups in total. The van der Waals surface area contributed by atoms with Gasteiger partial charge in [0, 0.05) is 0 Å². The molecule has 4 heteroatoms. The van der Waals surface area contributed by atoms with Gasteiger partial charge in [0.2, 0.25) is 0 Å². The van der Waals surface area contributed by atoms with Crippen LogP contribution in [0.5, 0.6) is 0 Å². The van der Waals surface area contributed by atoms with E-state index >= 15 is 0 Å². The number of ether oxygens (including phenoxy) is 2. The lowest BCUT2D eigenvalue weighted by Gasteiger charge is -2.35. The third kappa shape index (κ3) is 4.29. The molecule has 3 rings (SSSR count). The van der Waals surface area contributed by atoms with Crippen LogP contribution in [0.3, 0.4) is 0 Å². The van der Waals surface area contributed by atoms with Gasteiger partial charge in [-0.3, -0.25) is 4.90 Å². The number of carbonyl (C=O) groups excluding carboxylic acids is 1. The number of hydrogen-bond acceptors (Lipinski definition) is 3. The molecule has 2 unspecified atom stereocenters. The average Bonchev–Trinajstić information content (AvgIpc) is 2.91. The van der Waals surface area contributed by atoms with Crippen molar-refractivity contribution in [2.45, 2.75) is 76.9 Å². The lowest BCUT2D eigenvalue weighted by atomic mass is 9.83. The Balaban J connectivity index is 1.71. The number of amides is 1. The van der Waals surface area contributed by atoms with Crippen molar-refractivity contribution in [3.63, 3.8) is 0 Å². The van der Waals surface area contributed by atoms with Crippen molar-refractivity contribution >= 4 is 6.09 Å². The lowest BCUT2D eigenvalue weighted by molar-refractivity contribution is -0.0617. The summed E-state index contributed by atoms with van der Waals surface area (Å²) in [7, 11) is 0. The van der Waals surface area contributed by atoms with E-state index < -0.39 is 5.72 Å². The molecular weight excluding hydrogens is 326 g/mol. The summed E-state index contributed by atoms with van der Waals surface area (Å²) in [4.78, 5) is 14.7. The Kier molecular flexibility index (Phi) is 6.02. The van der Waals surface area contributed by atoms with E-state index in [1.54, 1.807) is 4.90 Å². The maximum Gasteiger partial charge on any atom is 0.412 e. The molecule has 1 heterocycles. The first kappa shape index (κ1) is 19.0. The molecule has 1 saturated carbocycles. The van der Waals surface area contributed by atoms with Gasteiger partial charge in [0.05, 0.1) is 12.1 Å². The molecule has 1 amide bonds. The van der Waals surface area contributed by atoms with Gasteiger partial charge in [-0.25, -0.2) is 4.79 Å². The quantitative estimate of drug-likeness (QED) is 0.673. The fraction of sp³-hybridized carbons (Fsp3) is 0.591. The molecule has 142 valence electrons. The topological polar surface area (TPSA) is 38.8 Å². The monoisotopic (exact) mass is 357 g/mol. The van der Waals surface area contributed by atoms with E-state index in [0.29, 0.717) is 5.92 Å². The molecule has 0 bridgehead atoms. The summed E-state index contributed by atoms with van der Waals surface area (Å²) in [5, 5.41) is 0. The molecule has 2 fully saturated rings. The minimum Gasteiger partial charge on any atom is -0.444 e. The van der Waals surface area contributed by atoms with Crippen LogP contribution in [0.25, 0.3) is 0 Å².